The number of aromatic nitrogens is 1. The number of aryl methyl sites for hydroxylation is 3. The van der Waals surface area contributed by atoms with E-state index in [1.807, 2.05) is 51.1 Å². The zero-order valence-corrected chi connectivity index (χ0v) is 19.6. The lowest BCUT2D eigenvalue weighted by Crippen LogP contribution is -2.20. The molecule has 0 atom stereocenters. The molecule has 1 amide bonds. The molecule has 0 aliphatic heterocycles. The topological polar surface area (TPSA) is 64.4 Å². The summed E-state index contributed by atoms with van der Waals surface area (Å²) in [5, 5.41) is 3.22. The van der Waals surface area contributed by atoms with Crippen molar-refractivity contribution < 1.29 is 13.9 Å². The monoisotopic (exact) mass is 498 g/mol. The van der Waals surface area contributed by atoms with E-state index in [0.29, 0.717) is 33.5 Å². The molecule has 0 aliphatic rings. The molecule has 0 bridgehead atoms. The first-order valence-electron chi connectivity index (χ1n) is 9.66. The van der Waals surface area contributed by atoms with E-state index in [2.05, 4.69) is 26.2 Å². The number of ether oxygens (including phenoxy) is 1. The number of anilines is 1. The van der Waals surface area contributed by atoms with Gasteiger partial charge in [-0.3, -0.25) is 4.79 Å². The Hall–Kier alpha value is -2.83. The average molecular weight is 500 g/mol. The largest absolute Gasteiger partial charge is 0.482 e. The molecule has 1 N–H and O–H groups in total. The standard InChI is InChI=1S/C24H20BrClN2O3/c1-13-4-7-21-20(10-13)28-24(31-21)16-5-6-18(26)19(11-16)27-22(29)12-30-23-15(3)8-14(2)9-17(23)25/h4-11H,12H2,1-3H3,(H,27,29). The van der Waals surface area contributed by atoms with Crippen LogP contribution < -0.4 is 10.1 Å². The summed E-state index contributed by atoms with van der Waals surface area (Å²) in [6.07, 6.45) is 0. The maximum Gasteiger partial charge on any atom is 0.262 e. The summed E-state index contributed by atoms with van der Waals surface area (Å²) < 4.78 is 12.4. The zero-order valence-electron chi connectivity index (χ0n) is 17.3. The average Bonchev–Trinajstić information content (AvgIpc) is 3.12. The van der Waals surface area contributed by atoms with Crippen molar-refractivity contribution in [2.24, 2.45) is 0 Å². The Labute approximate surface area is 193 Å². The number of oxazole rings is 1. The Bertz CT molecular complexity index is 1280. The number of carbonyl (C=O) groups excluding carboxylic acids is 1. The Morgan fingerprint density at radius 3 is 2.68 bits per heavy atom. The highest BCUT2D eigenvalue weighted by atomic mass is 79.9. The molecule has 0 saturated carbocycles. The fourth-order valence-electron chi connectivity index (χ4n) is 3.32. The molecule has 0 saturated heterocycles. The van der Waals surface area contributed by atoms with E-state index in [1.165, 1.54) is 0 Å². The van der Waals surface area contributed by atoms with Crippen molar-refractivity contribution in [3.05, 3.63) is 74.7 Å². The van der Waals surface area contributed by atoms with Crippen LogP contribution in [-0.2, 0) is 4.79 Å². The van der Waals surface area contributed by atoms with Gasteiger partial charge in [-0.1, -0.05) is 23.7 Å². The van der Waals surface area contributed by atoms with Gasteiger partial charge in [0.1, 0.15) is 11.3 Å². The smallest absolute Gasteiger partial charge is 0.262 e. The molecule has 7 heteroatoms. The first kappa shape index (κ1) is 21.4. The number of rotatable bonds is 5. The molecular weight excluding hydrogens is 480 g/mol. The maximum absolute atomic E-state index is 12.5. The fraction of sp³-hybridized carbons (Fsp3) is 0.167. The number of halogens is 2. The summed E-state index contributed by atoms with van der Waals surface area (Å²) in [5.41, 5.74) is 5.82. The molecule has 0 spiro atoms. The summed E-state index contributed by atoms with van der Waals surface area (Å²) in [6.45, 7) is 5.79. The van der Waals surface area contributed by atoms with Gasteiger partial charge in [-0.25, -0.2) is 4.98 Å². The Kier molecular flexibility index (Phi) is 6.03. The molecule has 1 heterocycles. The predicted molar refractivity (Wildman–Crippen MR) is 127 cm³/mol. The second kappa shape index (κ2) is 8.73. The first-order chi connectivity index (χ1) is 14.8. The van der Waals surface area contributed by atoms with Gasteiger partial charge < -0.3 is 14.5 Å². The van der Waals surface area contributed by atoms with Crippen molar-refractivity contribution in [1.82, 2.24) is 4.98 Å². The van der Waals surface area contributed by atoms with Crippen LogP contribution in [0.15, 0.2) is 57.4 Å². The highest BCUT2D eigenvalue weighted by molar-refractivity contribution is 9.10. The molecular formula is C24H20BrClN2O3. The van der Waals surface area contributed by atoms with Gasteiger partial charge in [-0.15, -0.1) is 0 Å². The minimum atomic E-state index is -0.320. The molecule has 158 valence electrons. The number of nitrogens with one attached hydrogen (secondary N) is 1. The molecule has 0 fully saturated rings. The summed E-state index contributed by atoms with van der Waals surface area (Å²) >= 11 is 9.78. The minimum Gasteiger partial charge on any atom is -0.482 e. The van der Waals surface area contributed by atoms with Crippen LogP contribution in [0.4, 0.5) is 5.69 Å². The van der Waals surface area contributed by atoms with Crippen LogP contribution in [0.1, 0.15) is 16.7 Å². The van der Waals surface area contributed by atoms with Gasteiger partial charge >= 0.3 is 0 Å². The Morgan fingerprint density at radius 2 is 1.90 bits per heavy atom. The lowest BCUT2D eigenvalue weighted by atomic mass is 10.1. The van der Waals surface area contributed by atoms with Crippen LogP contribution in [0.5, 0.6) is 5.75 Å². The second-order valence-corrected chi connectivity index (χ2v) is 8.68. The van der Waals surface area contributed by atoms with E-state index in [9.17, 15) is 4.79 Å². The third-order valence-corrected chi connectivity index (χ3v) is 5.67. The molecule has 0 radical (unpaired) electrons. The van der Waals surface area contributed by atoms with Gasteiger partial charge in [-0.2, -0.15) is 0 Å². The third kappa shape index (κ3) is 4.75. The van der Waals surface area contributed by atoms with Crippen molar-refractivity contribution >= 4 is 50.2 Å². The van der Waals surface area contributed by atoms with Gasteiger partial charge in [0.05, 0.1) is 15.2 Å². The normalized spacial score (nSPS) is 11.0. The van der Waals surface area contributed by atoms with Crippen LogP contribution in [-0.4, -0.2) is 17.5 Å². The number of nitrogens with zero attached hydrogens (tertiary/aromatic N) is 1. The minimum absolute atomic E-state index is 0.148. The van der Waals surface area contributed by atoms with Crippen molar-refractivity contribution in [3.8, 4) is 17.2 Å². The number of carbonyl (C=O) groups is 1. The van der Waals surface area contributed by atoms with Crippen molar-refractivity contribution in [3.63, 3.8) is 0 Å². The van der Waals surface area contributed by atoms with Crippen LogP contribution in [0, 0.1) is 20.8 Å². The van der Waals surface area contributed by atoms with Crippen molar-refractivity contribution in [1.29, 1.82) is 0 Å². The quantitative estimate of drug-likeness (QED) is 0.326. The fourth-order valence-corrected chi connectivity index (χ4v) is 4.28. The molecule has 0 unspecified atom stereocenters. The first-order valence-corrected chi connectivity index (χ1v) is 10.8. The number of benzene rings is 3. The SMILES string of the molecule is Cc1cc(C)c(OCC(=O)Nc2cc(-c3nc4cc(C)ccc4o3)ccc2Cl)c(Br)c1. The second-order valence-electron chi connectivity index (χ2n) is 7.41. The molecule has 5 nitrogen and oxygen atoms in total. The van der Waals surface area contributed by atoms with E-state index >= 15 is 0 Å². The highest BCUT2D eigenvalue weighted by Gasteiger charge is 2.14. The van der Waals surface area contributed by atoms with Crippen LogP contribution in [0.3, 0.4) is 0 Å². The lowest BCUT2D eigenvalue weighted by Gasteiger charge is -2.13. The zero-order chi connectivity index (χ0) is 22.1. The van der Waals surface area contributed by atoms with Gasteiger partial charge in [0.2, 0.25) is 5.89 Å². The molecule has 0 aliphatic carbocycles. The number of hydrogen-bond acceptors (Lipinski definition) is 4. The molecule has 1 aromatic heterocycles. The lowest BCUT2D eigenvalue weighted by molar-refractivity contribution is -0.118. The van der Waals surface area contributed by atoms with E-state index in [-0.39, 0.29) is 12.5 Å². The highest BCUT2D eigenvalue weighted by Crippen LogP contribution is 2.32. The summed E-state index contributed by atoms with van der Waals surface area (Å²) in [7, 11) is 0. The van der Waals surface area contributed by atoms with Gasteiger partial charge in [0, 0.05) is 5.56 Å². The number of amides is 1. The van der Waals surface area contributed by atoms with E-state index in [1.54, 1.807) is 18.2 Å². The van der Waals surface area contributed by atoms with Crippen molar-refractivity contribution in [2.75, 3.05) is 11.9 Å². The van der Waals surface area contributed by atoms with Crippen LogP contribution in [0.2, 0.25) is 5.02 Å². The summed E-state index contributed by atoms with van der Waals surface area (Å²) in [4.78, 5) is 17.0. The molecule has 4 aromatic rings. The maximum atomic E-state index is 12.5. The Morgan fingerprint density at radius 1 is 1.10 bits per heavy atom. The third-order valence-electron chi connectivity index (χ3n) is 4.75. The van der Waals surface area contributed by atoms with Crippen molar-refractivity contribution in [2.45, 2.75) is 20.8 Å². The van der Waals surface area contributed by atoms with Crippen LogP contribution in [0.25, 0.3) is 22.6 Å². The van der Waals surface area contributed by atoms with Crippen LogP contribution >= 0.6 is 27.5 Å². The Balaban J connectivity index is 1.51. The van der Waals surface area contributed by atoms with Gasteiger partial charge in [-0.05, 0) is 89.8 Å². The van der Waals surface area contributed by atoms with E-state index in [4.69, 9.17) is 20.8 Å². The van der Waals surface area contributed by atoms with E-state index < -0.39 is 0 Å². The number of fused-ring (bicyclic) bond motifs is 1. The number of hydrogen-bond donors (Lipinski definition) is 1. The predicted octanol–water partition coefficient (Wildman–Crippen LogP) is 6.85. The summed E-state index contributed by atoms with van der Waals surface area (Å²) in [5.74, 6) is 0.782. The van der Waals surface area contributed by atoms with E-state index in [0.717, 1.165) is 26.7 Å². The molecule has 4 rings (SSSR count). The molecule has 3 aromatic carbocycles. The van der Waals surface area contributed by atoms with Gasteiger partial charge in [0.25, 0.3) is 5.91 Å². The summed E-state index contributed by atoms with van der Waals surface area (Å²) in [6, 6.07) is 15.0. The molecule has 31 heavy (non-hydrogen) atoms. The van der Waals surface area contributed by atoms with Gasteiger partial charge in [0.15, 0.2) is 12.2 Å².